The molecule has 1 atom stereocenters. The zero-order chi connectivity index (χ0) is 17.3. The molecule has 1 saturated heterocycles. The number of guanidine groups is 1. The topological polar surface area (TPSA) is 77.0 Å². The summed E-state index contributed by atoms with van der Waals surface area (Å²) in [4.78, 5) is 9.12. The molecule has 1 unspecified atom stereocenters. The second kappa shape index (κ2) is 12.3. The molecule has 1 heterocycles. The fourth-order valence-electron chi connectivity index (χ4n) is 2.55. The zero-order valence-corrected chi connectivity index (χ0v) is 18.6. The Hall–Kier alpha value is -0.130. The molecule has 0 saturated carbocycles. The summed E-state index contributed by atoms with van der Waals surface area (Å²) in [5, 5.41) is 6.54. The lowest BCUT2D eigenvalue weighted by Crippen LogP contribution is -2.49. The fourth-order valence-corrected chi connectivity index (χ4v) is 3.33. The van der Waals surface area contributed by atoms with Crippen molar-refractivity contribution in [2.24, 2.45) is 4.99 Å². The Morgan fingerprint density at radius 1 is 1.21 bits per heavy atom. The van der Waals surface area contributed by atoms with E-state index in [2.05, 4.69) is 32.3 Å². The third-order valence-corrected chi connectivity index (χ3v) is 5.14. The van der Waals surface area contributed by atoms with E-state index in [0.717, 1.165) is 51.8 Å². The number of nitrogens with zero attached hydrogens (tertiary/aromatic N) is 3. The van der Waals surface area contributed by atoms with Crippen molar-refractivity contribution < 1.29 is 8.42 Å². The van der Waals surface area contributed by atoms with Gasteiger partial charge in [0, 0.05) is 58.6 Å². The Balaban J connectivity index is 0.00000529. The lowest BCUT2D eigenvalue weighted by molar-refractivity contribution is 0.139. The molecule has 1 fully saturated rings. The molecule has 144 valence electrons. The fraction of sp³-hybridized carbons (Fsp3) is 0.933. The molecule has 1 rings (SSSR count). The van der Waals surface area contributed by atoms with Gasteiger partial charge in [0.15, 0.2) is 5.96 Å². The van der Waals surface area contributed by atoms with Crippen LogP contribution in [0.25, 0.3) is 0 Å². The van der Waals surface area contributed by atoms with Crippen LogP contribution in [0.1, 0.15) is 20.3 Å². The maximum atomic E-state index is 11.2. The van der Waals surface area contributed by atoms with Gasteiger partial charge >= 0.3 is 0 Å². The highest BCUT2D eigenvalue weighted by atomic mass is 127. The highest BCUT2D eigenvalue weighted by Crippen LogP contribution is 2.00. The molecule has 9 heteroatoms. The molecule has 0 bridgehead atoms. The van der Waals surface area contributed by atoms with Crippen molar-refractivity contribution in [3.8, 4) is 0 Å². The highest BCUT2D eigenvalue weighted by Gasteiger charge is 2.15. The van der Waals surface area contributed by atoms with Crippen LogP contribution < -0.4 is 10.6 Å². The molecule has 0 aromatic rings. The van der Waals surface area contributed by atoms with Gasteiger partial charge in [-0.2, -0.15) is 0 Å². The largest absolute Gasteiger partial charge is 0.355 e. The number of likely N-dealkylation sites (N-methyl/N-ethyl adjacent to an activating group) is 1. The summed E-state index contributed by atoms with van der Waals surface area (Å²) >= 11 is 0. The molecule has 0 spiro atoms. The third kappa shape index (κ3) is 10.7. The van der Waals surface area contributed by atoms with Gasteiger partial charge in [0.2, 0.25) is 0 Å². The summed E-state index contributed by atoms with van der Waals surface area (Å²) in [5.74, 6) is 0.929. The summed E-state index contributed by atoms with van der Waals surface area (Å²) in [7, 11) is -1.18. The standard InChI is InChI=1S/C15H33N5O2S.HI/c1-5-19-9-11-20(12-10-19)8-7-17-15(16-3)18-14(2)6-13-23(4,21)22;/h14H,5-13H2,1-4H3,(H2,16,17,18);1H. The Labute approximate surface area is 164 Å². The molecular weight excluding hydrogens is 441 g/mol. The van der Waals surface area contributed by atoms with Crippen molar-refractivity contribution in [3.05, 3.63) is 0 Å². The molecule has 0 amide bonds. The van der Waals surface area contributed by atoms with E-state index < -0.39 is 9.84 Å². The van der Waals surface area contributed by atoms with E-state index in [1.807, 2.05) is 6.92 Å². The quantitative estimate of drug-likeness (QED) is 0.298. The molecular formula is C15H34IN5O2S. The van der Waals surface area contributed by atoms with Gasteiger partial charge in [-0.1, -0.05) is 6.92 Å². The van der Waals surface area contributed by atoms with Crippen molar-refractivity contribution >= 4 is 39.8 Å². The smallest absolute Gasteiger partial charge is 0.191 e. The van der Waals surface area contributed by atoms with Gasteiger partial charge in [-0.3, -0.25) is 9.89 Å². The monoisotopic (exact) mass is 475 g/mol. The van der Waals surface area contributed by atoms with Crippen LogP contribution >= 0.6 is 24.0 Å². The molecule has 7 nitrogen and oxygen atoms in total. The SMILES string of the molecule is CCN1CCN(CCNC(=NC)NC(C)CCS(C)(=O)=O)CC1.I. The van der Waals surface area contributed by atoms with Gasteiger partial charge in [-0.05, 0) is 19.9 Å². The second-order valence-electron chi connectivity index (χ2n) is 6.24. The first kappa shape index (κ1) is 23.9. The number of aliphatic imine (C=N–C) groups is 1. The zero-order valence-electron chi connectivity index (χ0n) is 15.4. The van der Waals surface area contributed by atoms with Crippen molar-refractivity contribution in [1.29, 1.82) is 0 Å². The molecule has 0 aromatic carbocycles. The minimum Gasteiger partial charge on any atom is -0.355 e. The Morgan fingerprint density at radius 3 is 2.29 bits per heavy atom. The van der Waals surface area contributed by atoms with E-state index in [0.29, 0.717) is 6.42 Å². The van der Waals surface area contributed by atoms with Gasteiger partial charge in [-0.25, -0.2) is 8.42 Å². The predicted octanol–water partition coefficient (Wildman–Crippen LogP) is 0.230. The number of hydrogen-bond donors (Lipinski definition) is 2. The van der Waals surface area contributed by atoms with Crippen LogP contribution in [0.2, 0.25) is 0 Å². The lowest BCUT2D eigenvalue weighted by atomic mass is 10.3. The van der Waals surface area contributed by atoms with Crippen LogP contribution in [0, 0.1) is 0 Å². The average Bonchev–Trinajstić information content (AvgIpc) is 2.52. The summed E-state index contributed by atoms with van der Waals surface area (Å²) < 4.78 is 22.4. The second-order valence-corrected chi connectivity index (χ2v) is 8.50. The number of hydrogen-bond acceptors (Lipinski definition) is 5. The number of piperazine rings is 1. The first-order chi connectivity index (χ1) is 10.8. The predicted molar refractivity (Wildman–Crippen MR) is 112 cm³/mol. The summed E-state index contributed by atoms with van der Waals surface area (Å²) in [6, 6.07) is 0.0732. The first-order valence-corrected chi connectivity index (χ1v) is 10.5. The van der Waals surface area contributed by atoms with Crippen LogP contribution in [-0.2, 0) is 9.84 Å². The number of sulfone groups is 1. The van der Waals surface area contributed by atoms with Gasteiger partial charge in [-0.15, -0.1) is 24.0 Å². The summed E-state index contributed by atoms with van der Waals surface area (Å²) in [6.45, 7) is 11.7. The maximum absolute atomic E-state index is 11.2. The Bertz CT molecular complexity index is 464. The van der Waals surface area contributed by atoms with Crippen LogP contribution in [0.5, 0.6) is 0 Å². The number of nitrogens with one attached hydrogen (secondary N) is 2. The van der Waals surface area contributed by atoms with Crippen molar-refractivity contribution in [2.75, 3.05) is 64.9 Å². The van der Waals surface area contributed by atoms with E-state index in [-0.39, 0.29) is 35.8 Å². The van der Waals surface area contributed by atoms with Crippen molar-refractivity contribution in [1.82, 2.24) is 20.4 Å². The van der Waals surface area contributed by atoms with Gasteiger partial charge in [0.1, 0.15) is 9.84 Å². The minimum absolute atomic E-state index is 0. The van der Waals surface area contributed by atoms with Crippen molar-refractivity contribution in [2.45, 2.75) is 26.3 Å². The van der Waals surface area contributed by atoms with Crippen LogP contribution in [0.4, 0.5) is 0 Å². The third-order valence-electron chi connectivity index (χ3n) is 4.16. The number of rotatable bonds is 8. The van der Waals surface area contributed by atoms with E-state index in [4.69, 9.17) is 0 Å². The van der Waals surface area contributed by atoms with E-state index in [1.54, 1.807) is 7.05 Å². The van der Waals surface area contributed by atoms with Gasteiger partial charge in [0.05, 0.1) is 5.75 Å². The molecule has 1 aliphatic rings. The normalized spacial score (nSPS) is 18.8. The Morgan fingerprint density at radius 2 is 1.79 bits per heavy atom. The van der Waals surface area contributed by atoms with Crippen molar-refractivity contribution in [3.63, 3.8) is 0 Å². The summed E-state index contributed by atoms with van der Waals surface area (Å²) in [6.07, 6.45) is 1.85. The lowest BCUT2D eigenvalue weighted by Gasteiger charge is -2.34. The molecule has 0 radical (unpaired) electrons. The molecule has 2 N–H and O–H groups in total. The van der Waals surface area contributed by atoms with Crippen LogP contribution in [0.3, 0.4) is 0 Å². The highest BCUT2D eigenvalue weighted by molar-refractivity contribution is 14.0. The molecule has 24 heavy (non-hydrogen) atoms. The Kier molecular flexibility index (Phi) is 12.2. The molecule has 0 aromatic heterocycles. The van der Waals surface area contributed by atoms with E-state index in [1.165, 1.54) is 6.26 Å². The van der Waals surface area contributed by atoms with Gasteiger partial charge in [0.25, 0.3) is 0 Å². The number of halogens is 1. The molecule has 0 aliphatic carbocycles. The van der Waals surface area contributed by atoms with E-state index in [9.17, 15) is 8.42 Å². The van der Waals surface area contributed by atoms with Crippen LogP contribution in [-0.4, -0.2) is 95.1 Å². The average molecular weight is 475 g/mol. The van der Waals surface area contributed by atoms with E-state index >= 15 is 0 Å². The first-order valence-electron chi connectivity index (χ1n) is 8.43. The minimum atomic E-state index is -2.91. The molecule has 1 aliphatic heterocycles. The van der Waals surface area contributed by atoms with Gasteiger partial charge < -0.3 is 15.5 Å². The van der Waals surface area contributed by atoms with Crippen LogP contribution in [0.15, 0.2) is 4.99 Å². The summed E-state index contributed by atoms with van der Waals surface area (Å²) in [5.41, 5.74) is 0. The maximum Gasteiger partial charge on any atom is 0.191 e.